The van der Waals surface area contributed by atoms with Crippen LogP contribution in [-0.2, 0) is 0 Å². The molecule has 4 aliphatic rings. The number of phenolic OH excluding ortho intramolecular Hbond substituents is 1. The molecule has 20 heavy (non-hydrogen) atoms. The summed E-state index contributed by atoms with van der Waals surface area (Å²) in [4.78, 5) is 0. The van der Waals surface area contributed by atoms with Crippen molar-refractivity contribution in [2.75, 3.05) is 0 Å². The van der Waals surface area contributed by atoms with E-state index < -0.39 is 0 Å². The number of phenols is 1. The van der Waals surface area contributed by atoms with Gasteiger partial charge >= 0.3 is 0 Å². The van der Waals surface area contributed by atoms with E-state index in [1.54, 1.807) is 12.1 Å². The highest BCUT2D eigenvalue weighted by Crippen LogP contribution is 2.67. The molecule has 4 saturated carbocycles. The Labute approximate surface area is 121 Å². The fourth-order valence-corrected chi connectivity index (χ4v) is 6.22. The maximum absolute atomic E-state index is 9.41. The van der Waals surface area contributed by atoms with E-state index in [2.05, 4.69) is 13.8 Å². The van der Waals surface area contributed by atoms with Gasteiger partial charge in [0.15, 0.2) is 0 Å². The van der Waals surface area contributed by atoms with Crippen molar-refractivity contribution in [2.24, 2.45) is 16.7 Å². The average Bonchev–Trinajstić information content (AvgIpc) is 2.27. The van der Waals surface area contributed by atoms with Gasteiger partial charge in [0.05, 0.1) is 0 Å². The van der Waals surface area contributed by atoms with E-state index in [4.69, 9.17) is 4.74 Å². The Morgan fingerprint density at radius 2 is 1.55 bits per heavy atom. The van der Waals surface area contributed by atoms with Gasteiger partial charge in [0.2, 0.25) is 0 Å². The van der Waals surface area contributed by atoms with Gasteiger partial charge in [-0.1, -0.05) is 13.8 Å². The van der Waals surface area contributed by atoms with Gasteiger partial charge in [-0.05, 0) is 79.5 Å². The van der Waals surface area contributed by atoms with E-state index in [1.807, 2.05) is 12.1 Å². The van der Waals surface area contributed by atoms with Gasteiger partial charge in [0.1, 0.15) is 17.1 Å². The molecule has 4 aliphatic carbocycles. The molecular weight excluding hydrogens is 248 g/mol. The van der Waals surface area contributed by atoms with Crippen molar-refractivity contribution >= 4 is 0 Å². The molecule has 0 heterocycles. The van der Waals surface area contributed by atoms with Crippen LogP contribution in [0.1, 0.15) is 52.4 Å². The number of aromatic hydroxyl groups is 1. The molecule has 5 rings (SSSR count). The van der Waals surface area contributed by atoms with Crippen molar-refractivity contribution in [3.8, 4) is 11.5 Å². The molecule has 108 valence electrons. The lowest BCUT2D eigenvalue weighted by Gasteiger charge is -2.64. The largest absolute Gasteiger partial charge is 0.508 e. The van der Waals surface area contributed by atoms with E-state index in [0.29, 0.717) is 16.6 Å². The van der Waals surface area contributed by atoms with Gasteiger partial charge < -0.3 is 9.84 Å². The Hall–Kier alpha value is -1.18. The first kappa shape index (κ1) is 12.6. The van der Waals surface area contributed by atoms with Crippen molar-refractivity contribution in [3.05, 3.63) is 24.3 Å². The van der Waals surface area contributed by atoms with Crippen LogP contribution in [0.3, 0.4) is 0 Å². The van der Waals surface area contributed by atoms with Crippen LogP contribution >= 0.6 is 0 Å². The molecular formula is C18H24O2. The van der Waals surface area contributed by atoms with Gasteiger partial charge in [-0.3, -0.25) is 0 Å². The molecule has 2 nitrogen and oxygen atoms in total. The fraction of sp³-hybridized carbons (Fsp3) is 0.667. The van der Waals surface area contributed by atoms with Crippen LogP contribution in [0, 0.1) is 16.7 Å². The highest BCUT2D eigenvalue weighted by atomic mass is 16.5. The zero-order valence-electron chi connectivity index (χ0n) is 12.5. The zero-order valence-corrected chi connectivity index (χ0v) is 12.5. The smallest absolute Gasteiger partial charge is 0.120 e. The molecule has 2 heteroatoms. The Balaban J connectivity index is 1.65. The predicted octanol–water partition coefficient (Wildman–Crippen LogP) is 4.52. The van der Waals surface area contributed by atoms with E-state index in [0.717, 1.165) is 11.7 Å². The van der Waals surface area contributed by atoms with E-state index in [-0.39, 0.29) is 5.60 Å². The zero-order chi connectivity index (χ0) is 14.0. The van der Waals surface area contributed by atoms with Gasteiger partial charge in [0, 0.05) is 0 Å². The molecule has 0 amide bonds. The van der Waals surface area contributed by atoms with E-state index in [9.17, 15) is 5.11 Å². The van der Waals surface area contributed by atoms with Crippen LogP contribution in [0.4, 0.5) is 0 Å². The summed E-state index contributed by atoms with van der Waals surface area (Å²) >= 11 is 0. The van der Waals surface area contributed by atoms with Gasteiger partial charge in [-0.25, -0.2) is 0 Å². The van der Waals surface area contributed by atoms with Crippen molar-refractivity contribution < 1.29 is 9.84 Å². The quantitative estimate of drug-likeness (QED) is 0.857. The van der Waals surface area contributed by atoms with Crippen LogP contribution in [-0.4, -0.2) is 10.7 Å². The third kappa shape index (κ3) is 1.92. The summed E-state index contributed by atoms with van der Waals surface area (Å²) in [5.74, 6) is 2.07. The van der Waals surface area contributed by atoms with E-state index in [1.165, 1.54) is 38.5 Å². The summed E-state index contributed by atoms with van der Waals surface area (Å²) in [7, 11) is 0. The number of hydrogen-bond donors (Lipinski definition) is 1. The molecule has 4 bridgehead atoms. The Morgan fingerprint density at radius 3 is 2.10 bits per heavy atom. The number of benzene rings is 1. The first-order valence-electron chi connectivity index (χ1n) is 7.86. The number of rotatable bonds is 2. The molecule has 2 atom stereocenters. The lowest BCUT2D eigenvalue weighted by Crippen LogP contribution is -2.60. The van der Waals surface area contributed by atoms with Crippen LogP contribution in [0.2, 0.25) is 0 Å². The summed E-state index contributed by atoms with van der Waals surface area (Å²) in [6.07, 6.45) is 7.78. The lowest BCUT2D eigenvalue weighted by atomic mass is 9.43. The second-order valence-corrected chi connectivity index (χ2v) is 8.41. The minimum Gasteiger partial charge on any atom is -0.508 e. The Kier molecular flexibility index (Phi) is 2.33. The lowest BCUT2D eigenvalue weighted by molar-refractivity contribution is -0.176. The third-order valence-electron chi connectivity index (χ3n) is 5.75. The molecule has 4 fully saturated rings. The van der Waals surface area contributed by atoms with Crippen molar-refractivity contribution in [1.29, 1.82) is 0 Å². The first-order chi connectivity index (χ1) is 9.38. The van der Waals surface area contributed by atoms with Crippen LogP contribution < -0.4 is 4.74 Å². The van der Waals surface area contributed by atoms with Gasteiger partial charge in [-0.15, -0.1) is 0 Å². The normalized spacial score (nSPS) is 45.6. The number of ether oxygens (including phenoxy) is 1. The average molecular weight is 272 g/mol. The van der Waals surface area contributed by atoms with E-state index >= 15 is 0 Å². The van der Waals surface area contributed by atoms with Crippen LogP contribution in [0.5, 0.6) is 11.5 Å². The van der Waals surface area contributed by atoms with Crippen LogP contribution in [0.15, 0.2) is 24.3 Å². The molecule has 1 N–H and O–H groups in total. The molecule has 1 aromatic rings. The van der Waals surface area contributed by atoms with Crippen LogP contribution in [0.25, 0.3) is 0 Å². The van der Waals surface area contributed by atoms with Gasteiger partial charge in [0.25, 0.3) is 0 Å². The summed E-state index contributed by atoms with van der Waals surface area (Å²) in [6.45, 7) is 4.93. The van der Waals surface area contributed by atoms with Crippen molar-refractivity contribution in [1.82, 2.24) is 0 Å². The summed E-state index contributed by atoms with van der Waals surface area (Å²) < 4.78 is 6.49. The number of hydrogen-bond acceptors (Lipinski definition) is 2. The highest BCUT2D eigenvalue weighted by Gasteiger charge is 2.61. The highest BCUT2D eigenvalue weighted by molar-refractivity contribution is 5.31. The Bertz CT molecular complexity index is 515. The monoisotopic (exact) mass is 272 g/mol. The molecule has 0 aromatic heterocycles. The van der Waals surface area contributed by atoms with Gasteiger partial charge in [-0.2, -0.15) is 0 Å². The molecule has 0 radical (unpaired) electrons. The first-order valence-corrected chi connectivity index (χ1v) is 7.86. The standard InChI is InChI=1S/C18H24O2/c1-16-7-13-8-17(2,10-16)12-18(9-13,11-16)20-15-5-3-14(19)4-6-15/h3-6,13,19H,7-12H2,1-2H3. The summed E-state index contributed by atoms with van der Waals surface area (Å²) in [5, 5.41) is 9.41. The maximum atomic E-state index is 9.41. The molecule has 0 spiro atoms. The summed E-state index contributed by atoms with van der Waals surface area (Å²) in [6, 6.07) is 7.25. The second kappa shape index (κ2) is 3.72. The Morgan fingerprint density at radius 1 is 0.950 bits per heavy atom. The molecule has 0 aliphatic heterocycles. The fourth-order valence-electron chi connectivity index (χ4n) is 6.22. The third-order valence-corrected chi connectivity index (χ3v) is 5.75. The van der Waals surface area contributed by atoms with Crippen molar-refractivity contribution in [2.45, 2.75) is 58.0 Å². The summed E-state index contributed by atoms with van der Waals surface area (Å²) in [5.41, 5.74) is 0.996. The minimum absolute atomic E-state index is 0.0416. The molecule has 0 saturated heterocycles. The SMILES string of the molecule is CC12CC3CC(C)(C1)CC(Oc1ccc(O)cc1)(C3)C2. The predicted molar refractivity (Wildman–Crippen MR) is 78.9 cm³/mol. The maximum Gasteiger partial charge on any atom is 0.120 e. The van der Waals surface area contributed by atoms with Crippen molar-refractivity contribution in [3.63, 3.8) is 0 Å². The topological polar surface area (TPSA) is 29.5 Å². The minimum atomic E-state index is 0.0416. The molecule has 2 unspecified atom stereocenters. The second-order valence-electron chi connectivity index (χ2n) is 8.41. The molecule has 1 aromatic carbocycles.